The van der Waals surface area contributed by atoms with E-state index in [9.17, 15) is 4.79 Å². The molecular formula is C7H11N3O2. The highest BCUT2D eigenvalue weighted by Crippen LogP contribution is 2.18. The number of nitrogens with one attached hydrogen (secondary N) is 1. The molecule has 1 aromatic rings. The molecule has 0 fully saturated rings. The quantitative estimate of drug-likeness (QED) is 0.634. The Morgan fingerprint density at radius 1 is 1.92 bits per heavy atom. The van der Waals surface area contributed by atoms with Crippen LogP contribution < -0.4 is 5.73 Å². The SMILES string of the molecule is CC(COC=O)c1[nH]ncc1N. The Morgan fingerprint density at radius 3 is 3.17 bits per heavy atom. The highest BCUT2D eigenvalue weighted by molar-refractivity contribution is 5.42. The van der Waals surface area contributed by atoms with E-state index in [1.807, 2.05) is 6.92 Å². The zero-order valence-electron chi connectivity index (χ0n) is 6.78. The van der Waals surface area contributed by atoms with E-state index in [0.29, 0.717) is 18.8 Å². The zero-order valence-corrected chi connectivity index (χ0v) is 6.78. The van der Waals surface area contributed by atoms with Crippen LogP contribution in [0.5, 0.6) is 0 Å². The lowest BCUT2D eigenvalue weighted by Gasteiger charge is -2.07. The molecule has 0 bridgehead atoms. The molecule has 0 saturated carbocycles. The summed E-state index contributed by atoms with van der Waals surface area (Å²) in [6, 6.07) is 0. The molecule has 1 atom stereocenters. The molecule has 1 rings (SSSR count). The van der Waals surface area contributed by atoms with Gasteiger partial charge in [0.15, 0.2) is 0 Å². The van der Waals surface area contributed by atoms with Crippen molar-refractivity contribution in [2.24, 2.45) is 0 Å². The van der Waals surface area contributed by atoms with Crippen LogP contribution in [0.4, 0.5) is 5.69 Å². The number of H-pyrrole nitrogens is 1. The van der Waals surface area contributed by atoms with Gasteiger partial charge in [-0.2, -0.15) is 5.10 Å². The molecule has 3 N–H and O–H groups in total. The minimum absolute atomic E-state index is 0.0534. The second kappa shape index (κ2) is 3.75. The van der Waals surface area contributed by atoms with Gasteiger partial charge in [0, 0.05) is 5.92 Å². The Hall–Kier alpha value is -1.52. The topological polar surface area (TPSA) is 81.0 Å². The molecule has 0 spiro atoms. The number of nitrogens with zero attached hydrogens (tertiary/aromatic N) is 1. The fourth-order valence-corrected chi connectivity index (χ4v) is 0.967. The smallest absolute Gasteiger partial charge is 0.293 e. The third-order valence-corrected chi connectivity index (χ3v) is 1.61. The van der Waals surface area contributed by atoms with Crippen LogP contribution in [-0.4, -0.2) is 23.3 Å². The summed E-state index contributed by atoms with van der Waals surface area (Å²) < 4.78 is 4.59. The molecule has 66 valence electrons. The van der Waals surface area contributed by atoms with Crippen LogP contribution in [-0.2, 0) is 9.53 Å². The Balaban J connectivity index is 2.58. The first-order valence-corrected chi connectivity index (χ1v) is 3.59. The van der Waals surface area contributed by atoms with Crippen LogP contribution in [0.25, 0.3) is 0 Å². The third-order valence-electron chi connectivity index (χ3n) is 1.61. The normalized spacial score (nSPS) is 12.4. The molecule has 1 aromatic heterocycles. The minimum Gasteiger partial charge on any atom is -0.467 e. The van der Waals surface area contributed by atoms with Crippen molar-refractivity contribution in [3.63, 3.8) is 0 Å². The highest BCUT2D eigenvalue weighted by atomic mass is 16.5. The first-order chi connectivity index (χ1) is 5.75. The van der Waals surface area contributed by atoms with Gasteiger partial charge >= 0.3 is 0 Å². The van der Waals surface area contributed by atoms with Crippen molar-refractivity contribution in [3.8, 4) is 0 Å². The minimum atomic E-state index is 0.0534. The summed E-state index contributed by atoms with van der Waals surface area (Å²) in [6.45, 7) is 2.63. The van der Waals surface area contributed by atoms with E-state index in [-0.39, 0.29) is 5.92 Å². The van der Waals surface area contributed by atoms with Crippen LogP contribution in [0.3, 0.4) is 0 Å². The van der Waals surface area contributed by atoms with Gasteiger partial charge in [0.25, 0.3) is 6.47 Å². The summed E-state index contributed by atoms with van der Waals surface area (Å²) in [6.07, 6.45) is 1.53. The van der Waals surface area contributed by atoms with Gasteiger partial charge in [0.05, 0.1) is 24.2 Å². The molecule has 0 radical (unpaired) electrons. The molecule has 1 heterocycles. The molecule has 0 aliphatic rings. The molecule has 0 aromatic carbocycles. The zero-order chi connectivity index (χ0) is 8.97. The van der Waals surface area contributed by atoms with Gasteiger partial charge in [-0.15, -0.1) is 0 Å². The molecule has 0 amide bonds. The third kappa shape index (κ3) is 1.75. The summed E-state index contributed by atoms with van der Waals surface area (Å²) in [4.78, 5) is 9.88. The number of hydrogen-bond donors (Lipinski definition) is 2. The number of aromatic amines is 1. The number of rotatable bonds is 4. The van der Waals surface area contributed by atoms with E-state index < -0.39 is 0 Å². The van der Waals surface area contributed by atoms with Crippen molar-refractivity contribution < 1.29 is 9.53 Å². The summed E-state index contributed by atoms with van der Waals surface area (Å²) in [5, 5.41) is 6.50. The van der Waals surface area contributed by atoms with Crippen molar-refractivity contribution in [2.45, 2.75) is 12.8 Å². The van der Waals surface area contributed by atoms with Crippen LogP contribution in [0, 0.1) is 0 Å². The standard InChI is InChI=1S/C7H11N3O2/c1-5(3-12-4-11)7-6(8)2-9-10-7/h2,4-5H,3,8H2,1H3,(H,9,10). The van der Waals surface area contributed by atoms with Gasteiger partial charge in [0.1, 0.15) is 0 Å². The van der Waals surface area contributed by atoms with Crippen molar-refractivity contribution >= 4 is 12.2 Å². The number of hydrogen-bond acceptors (Lipinski definition) is 4. The molecule has 12 heavy (non-hydrogen) atoms. The Kier molecular flexibility index (Phi) is 2.68. The molecule has 0 saturated heterocycles. The van der Waals surface area contributed by atoms with Gasteiger partial charge in [-0.1, -0.05) is 6.92 Å². The van der Waals surface area contributed by atoms with Gasteiger partial charge in [-0.05, 0) is 0 Å². The van der Waals surface area contributed by atoms with E-state index >= 15 is 0 Å². The first-order valence-electron chi connectivity index (χ1n) is 3.59. The molecule has 0 aliphatic heterocycles. The number of nitrogens with two attached hydrogens (primary N) is 1. The number of nitrogen functional groups attached to an aromatic ring is 1. The molecule has 5 heteroatoms. The molecular weight excluding hydrogens is 158 g/mol. The summed E-state index contributed by atoms with van der Waals surface area (Å²) in [5.41, 5.74) is 6.97. The summed E-state index contributed by atoms with van der Waals surface area (Å²) in [7, 11) is 0. The maximum absolute atomic E-state index is 9.88. The average Bonchev–Trinajstić information content (AvgIpc) is 2.47. The van der Waals surface area contributed by atoms with Crippen molar-refractivity contribution in [1.82, 2.24) is 10.2 Å². The number of carbonyl (C=O) groups excluding carboxylic acids is 1. The number of aromatic nitrogens is 2. The van der Waals surface area contributed by atoms with Crippen LogP contribution in [0.2, 0.25) is 0 Å². The Labute approximate surface area is 69.9 Å². The van der Waals surface area contributed by atoms with E-state index in [0.717, 1.165) is 5.69 Å². The largest absolute Gasteiger partial charge is 0.467 e. The number of anilines is 1. The lowest BCUT2D eigenvalue weighted by Crippen LogP contribution is -2.05. The number of ether oxygens (including phenoxy) is 1. The van der Waals surface area contributed by atoms with Crippen molar-refractivity contribution in [3.05, 3.63) is 11.9 Å². The Morgan fingerprint density at radius 2 is 2.67 bits per heavy atom. The van der Waals surface area contributed by atoms with E-state index in [1.165, 1.54) is 6.20 Å². The average molecular weight is 169 g/mol. The summed E-state index contributed by atoms with van der Waals surface area (Å²) >= 11 is 0. The van der Waals surface area contributed by atoms with Gasteiger partial charge in [0.2, 0.25) is 0 Å². The first kappa shape index (κ1) is 8.58. The van der Waals surface area contributed by atoms with E-state index in [4.69, 9.17) is 5.73 Å². The fraction of sp³-hybridized carbons (Fsp3) is 0.429. The molecule has 5 nitrogen and oxygen atoms in total. The molecule has 1 unspecified atom stereocenters. The lowest BCUT2D eigenvalue weighted by molar-refractivity contribution is -0.129. The van der Waals surface area contributed by atoms with Gasteiger partial charge in [-0.3, -0.25) is 9.89 Å². The maximum atomic E-state index is 9.88. The van der Waals surface area contributed by atoms with Crippen LogP contribution >= 0.6 is 0 Å². The predicted molar refractivity (Wildman–Crippen MR) is 43.4 cm³/mol. The van der Waals surface area contributed by atoms with Crippen LogP contribution in [0.1, 0.15) is 18.5 Å². The Bertz CT molecular complexity index is 259. The van der Waals surface area contributed by atoms with Crippen molar-refractivity contribution in [2.75, 3.05) is 12.3 Å². The lowest BCUT2D eigenvalue weighted by atomic mass is 10.1. The van der Waals surface area contributed by atoms with E-state index in [2.05, 4.69) is 14.9 Å². The molecule has 0 aliphatic carbocycles. The second-order valence-corrected chi connectivity index (χ2v) is 2.57. The number of carbonyl (C=O) groups is 1. The summed E-state index contributed by atoms with van der Waals surface area (Å²) in [5.74, 6) is 0.0534. The highest BCUT2D eigenvalue weighted by Gasteiger charge is 2.10. The second-order valence-electron chi connectivity index (χ2n) is 2.57. The monoisotopic (exact) mass is 169 g/mol. The van der Waals surface area contributed by atoms with Gasteiger partial charge < -0.3 is 10.5 Å². The van der Waals surface area contributed by atoms with E-state index in [1.54, 1.807) is 0 Å². The fourth-order valence-electron chi connectivity index (χ4n) is 0.967. The predicted octanol–water partition coefficient (Wildman–Crippen LogP) is 0.268. The van der Waals surface area contributed by atoms with Crippen molar-refractivity contribution in [1.29, 1.82) is 0 Å². The van der Waals surface area contributed by atoms with Crippen LogP contribution in [0.15, 0.2) is 6.20 Å². The maximum Gasteiger partial charge on any atom is 0.293 e. The van der Waals surface area contributed by atoms with Gasteiger partial charge in [-0.25, -0.2) is 0 Å².